The molecule has 0 bridgehead atoms. The number of aromatic nitrogens is 2. The zero-order valence-electron chi connectivity index (χ0n) is 15.0. The number of morpholine rings is 1. The quantitative estimate of drug-likeness (QED) is 0.671. The molecule has 7 nitrogen and oxygen atoms in total. The van der Waals surface area contributed by atoms with Crippen LogP contribution in [0, 0.1) is 11.3 Å². The lowest BCUT2D eigenvalue weighted by molar-refractivity contribution is 0.122. The predicted octanol–water partition coefficient (Wildman–Crippen LogP) is 2.50. The first-order chi connectivity index (χ1) is 13.6. The van der Waals surface area contributed by atoms with Gasteiger partial charge in [0.15, 0.2) is 11.1 Å². The molecule has 2 heterocycles. The van der Waals surface area contributed by atoms with E-state index in [-0.39, 0.29) is 10.6 Å². The number of ether oxygens (including phenoxy) is 1. The van der Waals surface area contributed by atoms with Gasteiger partial charge in [-0.25, -0.2) is 18.4 Å². The fourth-order valence-electron chi connectivity index (χ4n) is 3.21. The molecule has 0 radical (unpaired) electrons. The van der Waals surface area contributed by atoms with E-state index in [0.717, 1.165) is 0 Å². The molecule has 0 saturated carbocycles. The number of fused-ring (bicyclic) bond motifs is 1. The second kappa shape index (κ2) is 7.54. The van der Waals surface area contributed by atoms with Gasteiger partial charge in [0, 0.05) is 13.1 Å². The lowest BCUT2D eigenvalue weighted by atomic mass is 10.2. The molecule has 1 atom stereocenters. The van der Waals surface area contributed by atoms with Crippen molar-refractivity contribution in [2.24, 2.45) is 0 Å². The number of nitriles is 1. The summed E-state index contributed by atoms with van der Waals surface area (Å²) in [6.45, 7) is 2.14. The molecule has 1 saturated heterocycles. The highest BCUT2D eigenvalue weighted by Gasteiger charge is 2.35. The topological polar surface area (TPSA) is 96.2 Å². The molecule has 0 spiro atoms. The molecule has 1 aromatic heterocycles. The first-order valence-electron chi connectivity index (χ1n) is 8.89. The maximum absolute atomic E-state index is 13.2. The Morgan fingerprint density at radius 2 is 1.57 bits per heavy atom. The van der Waals surface area contributed by atoms with Gasteiger partial charge in [-0.1, -0.05) is 30.3 Å². The molecular weight excluding hydrogens is 376 g/mol. The zero-order chi connectivity index (χ0) is 19.6. The summed E-state index contributed by atoms with van der Waals surface area (Å²) in [5, 5.41) is 8.38. The molecule has 0 aliphatic carbocycles. The van der Waals surface area contributed by atoms with Gasteiger partial charge in [0.2, 0.25) is 9.84 Å². The summed E-state index contributed by atoms with van der Waals surface area (Å²) in [6, 6.07) is 17.2. The minimum atomic E-state index is -3.96. The standard InChI is InChI=1S/C20H18N4O3S/c21-14-18(28(25,26)15-6-2-1-3-7-15)19-20(24-10-12-27-13-11-24)23-17-9-5-4-8-16(17)22-19/h1-9,18H,10-13H2/t18-/m1/s1. The van der Waals surface area contributed by atoms with Crippen molar-refractivity contribution in [3.63, 3.8) is 0 Å². The lowest BCUT2D eigenvalue weighted by Crippen LogP contribution is -2.38. The average molecular weight is 394 g/mol. The largest absolute Gasteiger partial charge is 0.378 e. The van der Waals surface area contributed by atoms with Crippen LogP contribution in [0.1, 0.15) is 10.9 Å². The molecule has 4 rings (SSSR count). The highest BCUT2D eigenvalue weighted by atomic mass is 32.2. The van der Waals surface area contributed by atoms with Crippen molar-refractivity contribution in [2.45, 2.75) is 10.1 Å². The summed E-state index contributed by atoms with van der Waals surface area (Å²) in [5.41, 5.74) is 1.37. The van der Waals surface area contributed by atoms with E-state index in [2.05, 4.69) is 9.97 Å². The van der Waals surface area contributed by atoms with Crippen molar-refractivity contribution in [1.29, 1.82) is 5.26 Å². The van der Waals surface area contributed by atoms with E-state index in [0.29, 0.717) is 43.2 Å². The molecule has 2 aromatic carbocycles. The molecule has 0 unspecified atom stereocenters. The van der Waals surface area contributed by atoms with Gasteiger partial charge in [-0.2, -0.15) is 5.26 Å². The van der Waals surface area contributed by atoms with Crippen LogP contribution in [-0.4, -0.2) is 44.7 Å². The molecule has 8 heteroatoms. The van der Waals surface area contributed by atoms with Crippen LogP contribution >= 0.6 is 0 Å². The third-order valence-electron chi connectivity index (χ3n) is 4.64. The minimum Gasteiger partial charge on any atom is -0.378 e. The van der Waals surface area contributed by atoms with E-state index in [1.807, 2.05) is 29.2 Å². The van der Waals surface area contributed by atoms with Gasteiger partial charge < -0.3 is 9.64 Å². The van der Waals surface area contributed by atoms with Crippen LogP contribution in [0.2, 0.25) is 0 Å². The second-order valence-electron chi connectivity index (χ2n) is 6.39. The van der Waals surface area contributed by atoms with Gasteiger partial charge in [0.1, 0.15) is 5.69 Å². The number of anilines is 1. The Labute approximate surface area is 163 Å². The third kappa shape index (κ3) is 3.30. The Bertz CT molecular complexity index is 1140. The first-order valence-corrected chi connectivity index (χ1v) is 10.4. The first kappa shape index (κ1) is 18.3. The monoisotopic (exact) mass is 394 g/mol. The van der Waals surface area contributed by atoms with Gasteiger partial charge >= 0.3 is 0 Å². The summed E-state index contributed by atoms with van der Waals surface area (Å²) in [6.07, 6.45) is 0. The highest BCUT2D eigenvalue weighted by Crippen LogP contribution is 2.34. The van der Waals surface area contributed by atoms with Crippen molar-refractivity contribution in [3.8, 4) is 6.07 Å². The van der Waals surface area contributed by atoms with Crippen molar-refractivity contribution < 1.29 is 13.2 Å². The maximum atomic E-state index is 13.2. The van der Waals surface area contributed by atoms with Crippen molar-refractivity contribution >= 4 is 26.7 Å². The smallest absolute Gasteiger partial charge is 0.200 e. The molecule has 1 fully saturated rings. The molecular formula is C20H18N4O3S. The van der Waals surface area contributed by atoms with Crippen molar-refractivity contribution in [2.75, 3.05) is 31.2 Å². The van der Waals surface area contributed by atoms with E-state index in [4.69, 9.17) is 4.74 Å². The number of para-hydroxylation sites is 2. The normalized spacial score (nSPS) is 15.9. The van der Waals surface area contributed by atoms with Crippen molar-refractivity contribution in [3.05, 3.63) is 60.3 Å². The number of benzene rings is 2. The van der Waals surface area contributed by atoms with E-state index < -0.39 is 15.1 Å². The third-order valence-corrected chi connectivity index (χ3v) is 6.51. The lowest BCUT2D eigenvalue weighted by Gasteiger charge is -2.30. The minimum absolute atomic E-state index is 0.0874. The summed E-state index contributed by atoms with van der Waals surface area (Å²) >= 11 is 0. The Balaban J connectivity index is 1.91. The van der Waals surface area contributed by atoms with Crippen molar-refractivity contribution in [1.82, 2.24) is 9.97 Å². The number of sulfone groups is 1. The molecule has 0 amide bonds. The molecule has 1 aliphatic rings. The number of hydrogen-bond acceptors (Lipinski definition) is 7. The number of hydrogen-bond donors (Lipinski definition) is 0. The predicted molar refractivity (Wildman–Crippen MR) is 105 cm³/mol. The van der Waals surface area contributed by atoms with Gasteiger partial charge in [0.25, 0.3) is 0 Å². The molecule has 142 valence electrons. The molecule has 1 aliphatic heterocycles. The van der Waals surface area contributed by atoms with Gasteiger partial charge in [-0.3, -0.25) is 0 Å². The summed E-state index contributed by atoms with van der Waals surface area (Å²) in [7, 11) is -3.96. The SMILES string of the molecule is N#C[C@H](c1nc2ccccc2nc1N1CCOCC1)S(=O)(=O)c1ccccc1. The van der Waals surface area contributed by atoms with Crippen LogP contribution < -0.4 is 4.90 Å². The Kier molecular flexibility index (Phi) is 4.94. The average Bonchev–Trinajstić information content (AvgIpc) is 2.75. The van der Waals surface area contributed by atoms with Crippen LogP contribution in [0.4, 0.5) is 5.82 Å². The van der Waals surface area contributed by atoms with E-state index >= 15 is 0 Å². The zero-order valence-corrected chi connectivity index (χ0v) is 15.8. The van der Waals surface area contributed by atoms with Gasteiger partial charge in [0.05, 0.1) is 35.2 Å². The summed E-state index contributed by atoms with van der Waals surface area (Å²) in [4.78, 5) is 11.3. The fourth-order valence-corrected chi connectivity index (χ4v) is 4.61. The summed E-state index contributed by atoms with van der Waals surface area (Å²) < 4.78 is 31.8. The van der Waals surface area contributed by atoms with E-state index in [1.165, 1.54) is 12.1 Å². The van der Waals surface area contributed by atoms with Gasteiger partial charge in [-0.15, -0.1) is 0 Å². The van der Waals surface area contributed by atoms with Crippen LogP contribution in [0.5, 0.6) is 0 Å². The van der Waals surface area contributed by atoms with E-state index in [9.17, 15) is 13.7 Å². The Morgan fingerprint density at radius 1 is 0.964 bits per heavy atom. The fraction of sp³-hybridized carbons (Fsp3) is 0.250. The molecule has 0 N–H and O–H groups in total. The van der Waals surface area contributed by atoms with Crippen LogP contribution in [0.3, 0.4) is 0 Å². The van der Waals surface area contributed by atoms with Crippen LogP contribution in [0.25, 0.3) is 11.0 Å². The van der Waals surface area contributed by atoms with E-state index in [1.54, 1.807) is 24.3 Å². The van der Waals surface area contributed by atoms with Crippen LogP contribution in [-0.2, 0) is 14.6 Å². The van der Waals surface area contributed by atoms with Gasteiger partial charge in [-0.05, 0) is 24.3 Å². The molecule has 3 aromatic rings. The highest BCUT2D eigenvalue weighted by molar-refractivity contribution is 7.92. The Hall–Kier alpha value is -3.02. The maximum Gasteiger partial charge on any atom is 0.200 e. The Morgan fingerprint density at radius 3 is 2.21 bits per heavy atom. The number of rotatable bonds is 4. The second-order valence-corrected chi connectivity index (χ2v) is 8.42. The van der Waals surface area contributed by atoms with Crippen LogP contribution in [0.15, 0.2) is 59.5 Å². The number of nitrogens with zero attached hydrogens (tertiary/aromatic N) is 4. The summed E-state index contributed by atoms with van der Waals surface area (Å²) in [5.74, 6) is 0.424. The molecule has 28 heavy (non-hydrogen) atoms.